The Hall–Kier alpha value is -3.24. The Morgan fingerprint density at radius 3 is 2.44 bits per heavy atom. The SMILES string of the molecule is CCCCOC(=O)c1cc(-c2ccccc2)cc(S(=O)(=O)c2cnc(CNC(=O)OC(C)(C)C)s2)c1. The van der Waals surface area contributed by atoms with Gasteiger partial charge in [-0.1, -0.05) is 43.7 Å². The normalized spacial score (nSPS) is 11.7. The molecular weight excluding hydrogens is 500 g/mol. The standard InChI is InChI=1S/C26H30N2O6S2/c1-5-6-12-33-24(29)20-13-19(18-10-8-7-9-11-18)14-21(15-20)36(31,32)23-17-27-22(35-23)16-28-25(30)34-26(2,3)4/h7-11,13-15,17H,5-6,12,16H2,1-4H3,(H,28,30). The van der Waals surface area contributed by atoms with Crippen LogP contribution in [-0.2, 0) is 25.9 Å². The van der Waals surface area contributed by atoms with Crippen molar-refractivity contribution in [2.75, 3.05) is 6.61 Å². The van der Waals surface area contributed by atoms with Crippen molar-refractivity contribution in [1.82, 2.24) is 10.3 Å². The van der Waals surface area contributed by atoms with Gasteiger partial charge in [-0.25, -0.2) is 23.0 Å². The highest BCUT2D eigenvalue weighted by Gasteiger charge is 2.24. The molecule has 8 nitrogen and oxygen atoms in total. The lowest BCUT2D eigenvalue weighted by molar-refractivity contribution is 0.0495. The summed E-state index contributed by atoms with van der Waals surface area (Å²) in [5, 5.41) is 2.97. The molecule has 0 radical (unpaired) electrons. The zero-order chi connectivity index (χ0) is 26.3. The number of aromatic nitrogens is 1. The van der Waals surface area contributed by atoms with Crippen molar-refractivity contribution in [1.29, 1.82) is 0 Å². The van der Waals surface area contributed by atoms with Crippen molar-refractivity contribution in [3.8, 4) is 11.1 Å². The minimum Gasteiger partial charge on any atom is -0.462 e. The zero-order valence-electron chi connectivity index (χ0n) is 20.7. The number of hydrogen-bond acceptors (Lipinski definition) is 8. The fourth-order valence-corrected chi connectivity index (χ4v) is 5.73. The molecule has 10 heteroatoms. The molecule has 1 amide bonds. The molecule has 0 saturated heterocycles. The Morgan fingerprint density at radius 1 is 1.06 bits per heavy atom. The first-order chi connectivity index (χ1) is 17.0. The van der Waals surface area contributed by atoms with Crippen molar-refractivity contribution >= 4 is 33.2 Å². The molecule has 0 bridgehead atoms. The van der Waals surface area contributed by atoms with Gasteiger partial charge in [0.25, 0.3) is 0 Å². The van der Waals surface area contributed by atoms with E-state index < -0.39 is 27.5 Å². The molecule has 0 aliphatic carbocycles. The molecule has 36 heavy (non-hydrogen) atoms. The van der Waals surface area contributed by atoms with Crippen LogP contribution in [0.25, 0.3) is 11.1 Å². The minimum absolute atomic E-state index is 0.000925. The molecule has 0 atom stereocenters. The highest BCUT2D eigenvalue weighted by molar-refractivity contribution is 7.93. The predicted octanol–water partition coefficient (Wildman–Crippen LogP) is 5.62. The van der Waals surface area contributed by atoms with Crippen LogP contribution in [0.4, 0.5) is 4.79 Å². The Kier molecular flexibility index (Phi) is 8.86. The third-order valence-corrected chi connectivity index (χ3v) is 8.06. The number of carbonyl (C=O) groups is 2. The van der Waals surface area contributed by atoms with Crippen molar-refractivity contribution < 1.29 is 27.5 Å². The molecule has 3 aromatic rings. The molecule has 2 aromatic carbocycles. The monoisotopic (exact) mass is 530 g/mol. The number of carbonyl (C=O) groups excluding carboxylic acids is 2. The summed E-state index contributed by atoms with van der Waals surface area (Å²) in [4.78, 5) is 28.7. The summed E-state index contributed by atoms with van der Waals surface area (Å²) in [5.74, 6) is -0.579. The predicted molar refractivity (Wildman–Crippen MR) is 138 cm³/mol. The highest BCUT2D eigenvalue weighted by atomic mass is 32.2. The van der Waals surface area contributed by atoms with Crippen molar-refractivity contribution in [3.05, 3.63) is 65.3 Å². The number of esters is 1. The summed E-state index contributed by atoms with van der Waals surface area (Å²) in [6, 6.07) is 13.7. The van der Waals surface area contributed by atoms with Crippen LogP contribution in [0.1, 0.15) is 55.9 Å². The quantitative estimate of drug-likeness (QED) is 0.282. The number of nitrogens with one attached hydrogen (secondary N) is 1. The van der Waals surface area contributed by atoms with Gasteiger partial charge in [-0.05, 0) is 56.5 Å². The first-order valence-corrected chi connectivity index (χ1v) is 13.8. The maximum absolute atomic E-state index is 13.5. The first kappa shape index (κ1) is 27.3. The van der Waals surface area contributed by atoms with Crippen LogP contribution in [0.5, 0.6) is 0 Å². The summed E-state index contributed by atoms with van der Waals surface area (Å²) < 4.78 is 37.5. The zero-order valence-corrected chi connectivity index (χ0v) is 22.4. The van der Waals surface area contributed by atoms with Crippen LogP contribution in [-0.4, -0.2) is 37.7 Å². The van der Waals surface area contributed by atoms with E-state index >= 15 is 0 Å². The third kappa shape index (κ3) is 7.38. The van der Waals surface area contributed by atoms with E-state index in [-0.39, 0.29) is 27.8 Å². The molecule has 0 fully saturated rings. The number of thiazole rings is 1. The molecule has 0 unspecified atom stereocenters. The van der Waals surface area contributed by atoms with Crippen LogP contribution in [0, 0.1) is 0 Å². The second-order valence-corrected chi connectivity index (χ2v) is 12.3. The second-order valence-electron chi connectivity index (χ2n) is 9.03. The summed E-state index contributed by atoms with van der Waals surface area (Å²) in [5.41, 5.74) is 0.849. The Balaban J connectivity index is 1.90. The van der Waals surface area contributed by atoms with Crippen molar-refractivity contribution in [2.45, 2.75) is 61.8 Å². The third-order valence-electron chi connectivity index (χ3n) is 4.87. The Bertz CT molecular complexity index is 1310. The first-order valence-electron chi connectivity index (χ1n) is 11.5. The number of amides is 1. The molecule has 1 N–H and O–H groups in total. The van der Waals surface area contributed by atoms with E-state index in [1.807, 2.05) is 37.3 Å². The number of unbranched alkanes of at least 4 members (excludes halogenated alkanes) is 1. The minimum atomic E-state index is -3.99. The number of nitrogens with zero attached hydrogens (tertiary/aromatic N) is 1. The van der Waals surface area contributed by atoms with Crippen LogP contribution in [0.2, 0.25) is 0 Å². The van der Waals surface area contributed by atoms with E-state index in [2.05, 4.69) is 10.3 Å². The topological polar surface area (TPSA) is 112 Å². The molecule has 3 rings (SSSR count). The van der Waals surface area contributed by atoms with Gasteiger partial charge in [-0.2, -0.15) is 0 Å². The van der Waals surface area contributed by atoms with E-state index in [0.29, 0.717) is 10.6 Å². The van der Waals surface area contributed by atoms with Gasteiger partial charge in [0.2, 0.25) is 9.84 Å². The fraction of sp³-hybridized carbons (Fsp3) is 0.346. The van der Waals surface area contributed by atoms with Crippen LogP contribution in [0.3, 0.4) is 0 Å². The molecule has 192 valence electrons. The van der Waals surface area contributed by atoms with E-state index in [0.717, 1.165) is 29.7 Å². The average molecular weight is 531 g/mol. The number of benzene rings is 2. The van der Waals surface area contributed by atoms with Crippen LogP contribution in [0.15, 0.2) is 63.8 Å². The van der Waals surface area contributed by atoms with Gasteiger partial charge in [0.1, 0.15) is 14.8 Å². The summed E-state index contributed by atoms with van der Waals surface area (Å²) >= 11 is 0.942. The van der Waals surface area contributed by atoms with Gasteiger partial charge >= 0.3 is 12.1 Å². The maximum Gasteiger partial charge on any atom is 0.408 e. The van der Waals surface area contributed by atoms with Crippen molar-refractivity contribution in [3.63, 3.8) is 0 Å². The highest BCUT2D eigenvalue weighted by Crippen LogP contribution is 2.31. The van der Waals surface area contributed by atoms with Gasteiger partial charge in [-0.3, -0.25) is 0 Å². The molecule has 0 aliphatic heterocycles. The number of hydrogen-bond donors (Lipinski definition) is 1. The Labute approximate surface area is 215 Å². The Morgan fingerprint density at radius 2 is 1.78 bits per heavy atom. The van der Waals surface area contributed by atoms with E-state index in [1.54, 1.807) is 26.8 Å². The van der Waals surface area contributed by atoms with Gasteiger partial charge in [0.05, 0.1) is 29.8 Å². The van der Waals surface area contributed by atoms with Gasteiger partial charge in [-0.15, -0.1) is 11.3 Å². The number of ether oxygens (including phenoxy) is 2. The average Bonchev–Trinajstić information content (AvgIpc) is 3.32. The molecule has 1 aromatic heterocycles. The van der Waals surface area contributed by atoms with Gasteiger partial charge in [0.15, 0.2) is 0 Å². The number of rotatable bonds is 9. The van der Waals surface area contributed by atoms with Gasteiger partial charge < -0.3 is 14.8 Å². The number of sulfone groups is 1. The van der Waals surface area contributed by atoms with Crippen LogP contribution >= 0.6 is 11.3 Å². The summed E-state index contributed by atoms with van der Waals surface area (Å²) in [6.45, 7) is 7.51. The van der Waals surface area contributed by atoms with E-state index in [4.69, 9.17) is 9.47 Å². The van der Waals surface area contributed by atoms with E-state index in [1.165, 1.54) is 18.3 Å². The van der Waals surface area contributed by atoms with Crippen molar-refractivity contribution in [2.24, 2.45) is 0 Å². The van der Waals surface area contributed by atoms with E-state index in [9.17, 15) is 18.0 Å². The maximum atomic E-state index is 13.5. The largest absolute Gasteiger partial charge is 0.462 e. The lowest BCUT2D eigenvalue weighted by Crippen LogP contribution is -2.32. The molecule has 0 spiro atoms. The summed E-state index contributed by atoms with van der Waals surface area (Å²) in [7, 11) is -3.99. The van der Waals surface area contributed by atoms with Crippen LogP contribution < -0.4 is 5.32 Å². The lowest BCUT2D eigenvalue weighted by Gasteiger charge is -2.19. The number of alkyl carbamates (subject to hydrolysis) is 1. The molecule has 0 saturated carbocycles. The smallest absolute Gasteiger partial charge is 0.408 e. The molecule has 0 aliphatic rings. The molecule has 1 heterocycles. The van der Waals surface area contributed by atoms with Gasteiger partial charge in [0, 0.05) is 0 Å². The fourth-order valence-electron chi connectivity index (χ4n) is 3.14. The summed E-state index contributed by atoms with van der Waals surface area (Å²) in [6.07, 6.45) is 2.22. The molecular formula is C26H30N2O6S2. The lowest BCUT2D eigenvalue weighted by atomic mass is 10.0. The second kappa shape index (κ2) is 11.7.